The highest BCUT2D eigenvalue weighted by Crippen LogP contribution is 2.53. The maximum atomic E-state index is 12.1. The van der Waals surface area contributed by atoms with E-state index in [2.05, 4.69) is 23.8 Å². The van der Waals surface area contributed by atoms with E-state index in [1.165, 1.54) is 5.56 Å². The summed E-state index contributed by atoms with van der Waals surface area (Å²) >= 11 is 0. The molecule has 9 heteroatoms. The lowest BCUT2D eigenvalue weighted by Crippen LogP contribution is -2.29. The van der Waals surface area contributed by atoms with Crippen molar-refractivity contribution >= 4 is 17.8 Å². The lowest BCUT2D eigenvalue weighted by molar-refractivity contribution is -0.120. The Balaban J connectivity index is 1.14. The Kier molecular flexibility index (Phi) is 9.92. The van der Waals surface area contributed by atoms with Crippen LogP contribution >= 0.6 is 0 Å². The second kappa shape index (κ2) is 13.6. The van der Waals surface area contributed by atoms with Crippen LogP contribution in [0.1, 0.15) is 67.1 Å². The first-order chi connectivity index (χ1) is 18.5. The number of hydrogen-bond donors (Lipinski definition) is 2. The van der Waals surface area contributed by atoms with E-state index in [-0.39, 0.29) is 11.7 Å². The van der Waals surface area contributed by atoms with Crippen molar-refractivity contribution in [1.82, 2.24) is 20.4 Å². The number of aromatic nitrogens is 2. The van der Waals surface area contributed by atoms with E-state index < -0.39 is 6.09 Å². The first kappa shape index (κ1) is 27.8. The van der Waals surface area contributed by atoms with Gasteiger partial charge in [0.15, 0.2) is 0 Å². The summed E-state index contributed by atoms with van der Waals surface area (Å²) in [6, 6.07) is 7.47. The van der Waals surface area contributed by atoms with Crippen molar-refractivity contribution in [2.24, 2.45) is 17.8 Å². The number of carbonyl (C=O) groups is 3. The molecule has 2 aliphatic carbocycles. The van der Waals surface area contributed by atoms with Gasteiger partial charge in [-0.15, -0.1) is 0 Å². The molecule has 0 radical (unpaired) electrons. The fraction of sp³-hybridized carbons (Fsp3) is 0.586. The van der Waals surface area contributed by atoms with E-state index in [1.54, 1.807) is 7.05 Å². The van der Waals surface area contributed by atoms with Crippen LogP contribution in [-0.4, -0.2) is 61.0 Å². The van der Waals surface area contributed by atoms with E-state index in [9.17, 15) is 14.4 Å². The molecule has 1 aromatic heterocycles. The van der Waals surface area contributed by atoms with Gasteiger partial charge in [0.05, 0.1) is 31.2 Å². The Labute approximate surface area is 224 Å². The standard InChI is InChI=1S/C29H40N4O5/c1-3-4-5-23(34)14-16-37-17-15-31-29(36)38-19-26-24-11-8-21-18-33(32-27(21)13-12-25(24)26)22-9-6-20(7-10-22)28(35)30-2/h6-7,9-10,18,24-26H,3-5,8,11-17,19H2,1-2H3,(H,30,35)(H,31,36). The molecular formula is C29H40N4O5. The second-order valence-corrected chi connectivity index (χ2v) is 10.3. The van der Waals surface area contributed by atoms with Crippen molar-refractivity contribution in [2.75, 3.05) is 33.4 Å². The molecule has 0 aliphatic heterocycles. The quantitative estimate of drug-likeness (QED) is 0.385. The topological polar surface area (TPSA) is 112 Å². The molecule has 2 N–H and O–H groups in total. The number of unbranched alkanes of at least 4 members (excludes halogenated alkanes) is 1. The molecule has 1 fully saturated rings. The number of amides is 2. The van der Waals surface area contributed by atoms with Crippen molar-refractivity contribution in [2.45, 2.75) is 58.3 Å². The van der Waals surface area contributed by atoms with Crippen LogP contribution < -0.4 is 10.6 Å². The smallest absolute Gasteiger partial charge is 0.407 e. The summed E-state index contributed by atoms with van der Waals surface area (Å²) in [5.41, 5.74) is 3.98. The van der Waals surface area contributed by atoms with Gasteiger partial charge in [-0.25, -0.2) is 9.48 Å². The minimum atomic E-state index is -0.408. The Morgan fingerprint density at radius 3 is 2.55 bits per heavy atom. The molecule has 2 aliphatic rings. The Bertz CT molecular complexity index is 1070. The predicted molar refractivity (Wildman–Crippen MR) is 143 cm³/mol. The number of rotatable bonds is 13. The van der Waals surface area contributed by atoms with Crippen molar-refractivity contribution in [3.63, 3.8) is 0 Å². The molecular weight excluding hydrogens is 484 g/mol. The van der Waals surface area contributed by atoms with E-state index in [1.807, 2.05) is 28.9 Å². The number of aryl methyl sites for hydroxylation is 2. The fourth-order valence-electron chi connectivity index (χ4n) is 5.40. The zero-order valence-electron chi connectivity index (χ0n) is 22.5. The number of hydrogen-bond acceptors (Lipinski definition) is 6. The zero-order valence-corrected chi connectivity index (χ0v) is 22.5. The molecule has 1 saturated carbocycles. The Morgan fingerprint density at radius 1 is 1.05 bits per heavy atom. The van der Waals surface area contributed by atoms with Gasteiger partial charge in [0.1, 0.15) is 5.78 Å². The number of ether oxygens (including phenoxy) is 2. The highest BCUT2D eigenvalue weighted by atomic mass is 16.5. The summed E-state index contributed by atoms with van der Waals surface area (Å²) in [5, 5.41) is 10.2. The van der Waals surface area contributed by atoms with Crippen LogP contribution in [-0.2, 0) is 27.1 Å². The van der Waals surface area contributed by atoms with Gasteiger partial charge in [-0.3, -0.25) is 9.59 Å². The molecule has 1 heterocycles. The molecule has 0 spiro atoms. The summed E-state index contributed by atoms with van der Waals surface area (Å²) in [6.45, 7) is 3.66. The summed E-state index contributed by atoms with van der Waals surface area (Å²) in [4.78, 5) is 35.5. The monoisotopic (exact) mass is 524 g/mol. The van der Waals surface area contributed by atoms with Crippen molar-refractivity contribution < 1.29 is 23.9 Å². The van der Waals surface area contributed by atoms with Gasteiger partial charge in [-0.1, -0.05) is 13.3 Å². The molecule has 3 atom stereocenters. The van der Waals surface area contributed by atoms with Gasteiger partial charge in [-0.2, -0.15) is 5.10 Å². The zero-order chi connectivity index (χ0) is 26.9. The molecule has 2 aromatic rings. The number of nitrogens with zero attached hydrogens (tertiary/aromatic N) is 2. The van der Waals surface area contributed by atoms with Crippen LogP contribution in [0.15, 0.2) is 30.5 Å². The van der Waals surface area contributed by atoms with Crippen LogP contribution in [0.2, 0.25) is 0 Å². The van der Waals surface area contributed by atoms with Gasteiger partial charge >= 0.3 is 6.09 Å². The average Bonchev–Trinajstić information content (AvgIpc) is 3.43. The minimum Gasteiger partial charge on any atom is -0.449 e. The second-order valence-electron chi connectivity index (χ2n) is 10.3. The number of carbonyl (C=O) groups excluding carboxylic acids is 3. The van der Waals surface area contributed by atoms with E-state index in [0.717, 1.165) is 49.9 Å². The predicted octanol–water partition coefficient (Wildman–Crippen LogP) is 3.87. The Morgan fingerprint density at radius 2 is 1.82 bits per heavy atom. The highest BCUT2D eigenvalue weighted by molar-refractivity contribution is 5.94. The molecule has 206 valence electrons. The van der Waals surface area contributed by atoms with Crippen molar-refractivity contribution in [1.29, 1.82) is 0 Å². The molecule has 4 rings (SSSR count). The Hall–Kier alpha value is -3.20. The van der Waals surface area contributed by atoms with Crippen molar-refractivity contribution in [3.05, 3.63) is 47.3 Å². The van der Waals surface area contributed by atoms with Gasteiger partial charge in [0, 0.05) is 38.2 Å². The third-order valence-corrected chi connectivity index (χ3v) is 7.73. The summed E-state index contributed by atoms with van der Waals surface area (Å²) in [7, 11) is 1.62. The maximum absolute atomic E-state index is 12.1. The van der Waals surface area contributed by atoms with Gasteiger partial charge in [-0.05, 0) is 79.7 Å². The third-order valence-electron chi connectivity index (χ3n) is 7.73. The molecule has 38 heavy (non-hydrogen) atoms. The largest absolute Gasteiger partial charge is 0.449 e. The van der Waals surface area contributed by atoms with E-state index >= 15 is 0 Å². The number of ketones is 1. The maximum Gasteiger partial charge on any atom is 0.407 e. The van der Waals surface area contributed by atoms with E-state index in [4.69, 9.17) is 14.6 Å². The lowest BCUT2D eigenvalue weighted by Gasteiger charge is -2.07. The summed E-state index contributed by atoms with van der Waals surface area (Å²) in [6.07, 6.45) is 8.70. The van der Waals surface area contributed by atoms with Crippen LogP contribution in [0.5, 0.6) is 0 Å². The lowest BCUT2D eigenvalue weighted by atomic mass is 9.99. The van der Waals surface area contributed by atoms with Gasteiger partial charge in [0.25, 0.3) is 5.91 Å². The molecule has 3 unspecified atom stereocenters. The third kappa shape index (κ3) is 7.43. The average molecular weight is 525 g/mol. The molecule has 9 nitrogen and oxygen atoms in total. The SMILES string of the molecule is CCCCC(=O)CCOCCNC(=O)OCC1C2CCc3cn(-c4ccc(C(=O)NC)cc4)nc3CCC21. The fourth-order valence-corrected chi connectivity index (χ4v) is 5.40. The van der Waals surface area contributed by atoms with Gasteiger partial charge < -0.3 is 20.1 Å². The van der Waals surface area contributed by atoms with Crippen LogP contribution in [0.3, 0.4) is 0 Å². The summed E-state index contributed by atoms with van der Waals surface area (Å²) in [5.74, 6) is 1.70. The first-order valence-electron chi connectivity index (χ1n) is 13.9. The minimum absolute atomic E-state index is 0.101. The molecule has 0 bridgehead atoms. The van der Waals surface area contributed by atoms with Crippen molar-refractivity contribution in [3.8, 4) is 5.69 Å². The first-order valence-corrected chi connectivity index (χ1v) is 13.9. The summed E-state index contributed by atoms with van der Waals surface area (Å²) < 4.78 is 12.8. The van der Waals surface area contributed by atoms with Crippen LogP contribution in [0.4, 0.5) is 4.79 Å². The highest BCUT2D eigenvalue weighted by Gasteiger charge is 2.50. The van der Waals surface area contributed by atoms with E-state index in [0.29, 0.717) is 62.5 Å². The van der Waals surface area contributed by atoms with Crippen LogP contribution in [0.25, 0.3) is 5.69 Å². The molecule has 2 amide bonds. The molecule has 0 saturated heterocycles. The number of benzene rings is 1. The number of nitrogens with one attached hydrogen (secondary N) is 2. The number of Topliss-reactive ketones (excluding diaryl/α,β-unsaturated/α-hetero) is 1. The normalized spacial score (nSPS) is 19.9. The van der Waals surface area contributed by atoms with Gasteiger partial charge in [0.2, 0.25) is 0 Å². The van der Waals surface area contributed by atoms with Crippen LogP contribution in [0, 0.1) is 17.8 Å². The number of alkyl carbamates (subject to hydrolysis) is 1. The molecule has 1 aromatic carbocycles. The number of fused-ring (bicyclic) bond motifs is 2.